The fourth-order valence-electron chi connectivity index (χ4n) is 7.01. The van der Waals surface area contributed by atoms with Gasteiger partial charge in [-0.2, -0.15) is 0 Å². The fourth-order valence-corrected chi connectivity index (χ4v) is 7.01. The number of carbonyl (C=O) groups is 3. The Morgan fingerprint density at radius 2 is 1.41 bits per heavy atom. The molecule has 0 unspecified atom stereocenters. The molecule has 5 rings (SSSR count). The molecule has 2 heterocycles. The topological polar surface area (TPSA) is 112 Å². The van der Waals surface area contributed by atoms with Gasteiger partial charge in [-0.25, -0.2) is 0 Å². The first-order valence-electron chi connectivity index (χ1n) is 18.6. The van der Waals surface area contributed by atoms with E-state index < -0.39 is 6.04 Å². The van der Waals surface area contributed by atoms with Crippen molar-refractivity contribution in [1.82, 2.24) is 19.7 Å². The van der Waals surface area contributed by atoms with Crippen molar-refractivity contribution < 1.29 is 33.3 Å². The molecular formula is C40H55N4O7. The molecule has 1 aliphatic heterocycles. The van der Waals surface area contributed by atoms with Crippen LogP contribution < -0.4 is 5.32 Å². The Morgan fingerprint density at radius 1 is 0.784 bits per heavy atom. The summed E-state index contributed by atoms with van der Waals surface area (Å²) >= 11 is 0. The molecule has 2 aromatic carbocycles. The highest BCUT2D eigenvalue weighted by atomic mass is 16.6. The van der Waals surface area contributed by atoms with Crippen LogP contribution >= 0.6 is 0 Å². The Morgan fingerprint density at radius 3 is 2.08 bits per heavy atom. The van der Waals surface area contributed by atoms with Gasteiger partial charge in [0.25, 0.3) is 5.91 Å². The summed E-state index contributed by atoms with van der Waals surface area (Å²) in [4.78, 5) is 43.0. The molecule has 0 spiro atoms. The number of fused-ring (bicyclic) bond motifs is 1. The molecule has 1 saturated heterocycles. The first-order valence-corrected chi connectivity index (χ1v) is 18.6. The number of ether oxygens (including phenoxy) is 4. The number of nitrogens with one attached hydrogen (secondary N) is 1. The Labute approximate surface area is 302 Å². The van der Waals surface area contributed by atoms with Crippen LogP contribution in [0.2, 0.25) is 0 Å². The average molecular weight is 704 g/mol. The Bertz CT molecular complexity index is 1530. The molecule has 1 aromatic heterocycles. The lowest BCUT2D eigenvalue weighted by atomic mass is 9.83. The molecule has 51 heavy (non-hydrogen) atoms. The Kier molecular flexibility index (Phi) is 15.3. The second-order valence-corrected chi connectivity index (χ2v) is 13.4. The van der Waals surface area contributed by atoms with Crippen LogP contribution in [0.4, 0.5) is 0 Å². The zero-order valence-corrected chi connectivity index (χ0v) is 30.4. The highest BCUT2D eigenvalue weighted by Gasteiger charge is 2.35. The number of nitrogens with zero attached hydrogens (tertiary/aromatic N) is 3. The molecule has 2 fully saturated rings. The summed E-state index contributed by atoms with van der Waals surface area (Å²) in [5, 5.41) is 3.98. The maximum Gasteiger partial charge on any atom is 0.253 e. The maximum absolute atomic E-state index is 13.6. The van der Waals surface area contributed by atoms with Crippen LogP contribution in [0.25, 0.3) is 10.9 Å². The van der Waals surface area contributed by atoms with E-state index in [2.05, 4.69) is 22.9 Å². The van der Waals surface area contributed by atoms with E-state index in [4.69, 9.17) is 18.9 Å². The molecule has 3 amide bonds. The zero-order chi connectivity index (χ0) is 35.8. The van der Waals surface area contributed by atoms with E-state index in [0.717, 1.165) is 47.8 Å². The lowest BCUT2D eigenvalue weighted by molar-refractivity contribution is -0.139. The van der Waals surface area contributed by atoms with E-state index in [1.807, 2.05) is 58.3 Å². The summed E-state index contributed by atoms with van der Waals surface area (Å²) in [7, 11) is 0. The third-order valence-electron chi connectivity index (χ3n) is 9.87. The SMILES string of the molecule is C[CH]C(=O)N[C@H](C(=O)N1CCN(C(=O)c2ccc3c(c2)cc(C)n3CCOCCOCCOCCOCc2ccccc2)CC1)C1CCCCC1. The summed E-state index contributed by atoms with van der Waals surface area (Å²) in [6.07, 6.45) is 6.73. The van der Waals surface area contributed by atoms with Gasteiger partial charge in [-0.3, -0.25) is 14.4 Å². The molecule has 277 valence electrons. The van der Waals surface area contributed by atoms with Gasteiger partial charge in [0.2, 0.25) is 11.8 Å². The van der Waals surface area contributed by atoms with E-state index in [0.29, 0.717) is 91.1 Å². The van der Waals surface area contributed by atoms with Gasteiger partial charge in [0.15, 0.2) is 0 Å². The van der Waals surface area contributed by atoms with Crippen molar-refractivity contribution in [3.8, 4) is 0 Å². The van der Waals surface area contributed by atoms with Gasteiger partial charge in [0, 0.05) is 61.3 Å². The first-order chi connectivity index (χ1) is 24.9. The van der Waals surface area contributed by atoms with Gasteiger partial charge in [-0.05, 0) is 55.5 Å². The highest BCUT2D eigenvalue weighted by molar-refractivity contribution is 5.98. The summed E-state index contributed by atoms with van der Waals surface area (Å²) < 4.78 is 24.9. The molecule has 1 radical (unpaired) electrons. The van der Waals surface area contributed by atoms with Crippen LogP contribution in [0.15, 0.2) is 54.6 Å². The Hall–Kier alpha value is -3.77. The molecule has 11 nitrogen and oxygen atoms in total. The molecule has 1 atom stereocenters. The lowest BCUT2D eigenvalue weighted by Crippen LogP contribution is -2.57. The molecule has 3 aromatic rings. The van der Waals surface area contributed by atoms with Gasteiger partial charge < -0.3 is 38.6 Å². The van der Waals surface area contributed by atoms with E-state index in [-0.39, 0.29) is 23.6 Å². The predicted octanol–water partition coefficient (Wildman–Crippen LogP) is 4.79. The van der Waals surface area contributed by atoms with Crippen LogP contribution in [0.5, 0.6) is 0 Å². The van der Waals surface area contributed by atoms with Crippen molar-refractivity contribution in [2.75, 3.05) is 72.4 Å². The summed E-state index contributed by atoms with van der Waals surface area (Å²) in [5.41, 5.74) is 3.96. The van der Waals surface area contributed by atoms with Crippen molar-refractivity contribution >= 4 is 28.6 Å². The second-order valence-electron chi connectivity index (χ2n) is 13.4. The van der Waals surface area contributed by atoms with Crippen LogP contribution in [-0.2, 0) is 41.7 Å². The molecule has 11 heteroatoms. The van der Waals surface area contributed by atoms with Crippen LogP contribution in [-0.4, -0.2) is 111 Å². The van der Waals surface area contributed by atoms with E-state index in [1.54, 1.807) is 6.92 Å². The van der Waals surface area contributed by atoms with Crippen molar-refractivity contribution in [2.24, 2.45) is 5.92 Å². The number of piperazine rings is 1. The lowest BCUT2D eigenvalue weighted by Gasteiger charge is -2.39. The smallest absolute Gasteiger partial charge is 0.253 e. The van der Waals surface area contributed by atoms with Gasteiger partial charge >= 0.3 is 0 Å². The summed E-state index contributed by atoms with van der Waals surface area (Å²) in [5.74, 6) is -0.103. The summed E-state index contributed by atoms with van der Waals surface area (Å²) in [6.45, 7) is 10.6. The zero-order valence-electron chi connectivity index (χ0n) is 30.4. The van der Waals surface area contributed by atoms with Crippen LogP contribution in [0.3, 0.4) is 0 Å². The van der Waals surface area contributed by atoms with Gasteiger partial charge in [-0.1, -0.05) is 56.5 Å². The second kappa shape index (κ2) is 20.3. The standard InChI is InChI=1S/C40H55N4O7/c1-3-37(45)41-38(33-12-8-5-9-13-33)40(47)43-18-16-42(17-19-43)39(46)34-14-15-36-35(29-34)28-31(2)44(36)20-21-48-22-23-49-24-25-50-26-27-51-30-32-10-6-4-7-11-32/h3-4,6-7,10-11,14-15,28-29,33,38H,5,8-9,12-13,16-27,30H2,1-2H3,(H,41,45)/t38-/m0/s1. The maximum atomic E-state index is 13.6. The van der Waals surface area contributed by atoms with Gasteiger partial charge in [-0.15, -0.1) is 0 Å². The van der Waals surface area contributed by atoms with Crippen molar-refractivity contribution in [3.63, 3.8) is 0 Å². The normalized spacial score (nSPS) is 16.0. The molecule has 2 aliphatic rings. The number of hydrogen-bond donors (Lipinski definition) is 1. The molecule has 1 aliphatic carbocycles. The largest absolute Gasteiger partial charge is 0.377 e. The van der Waals surface area contributed by atoms with Crippen molar-refractivity contribution in [2.45, 2.75) is 65.1 Å². The Balaban J connectivity index is 0.991. The third kappa shape index (κ3) is 11.4. The minimum atomic E-state index is -0.503. The average Bonchev–Trinajstić information content (AvgIpc) is 3.49. The van der Waals surface area contributed by atoms with E-state index in [1.165, 1.54) is 12.8 Å². The molecule has 0 bridgehead atoms. The predicted molar refractivity (Wildman–Crippen MR) is 196 cm³/mol. The fraction of sp³-hybridized carbons (Fsp3) is 0.550. The number of aryl methyl sites for hydroxylation is 1. The first kappa shape index (κ1) is 38.5. The van der Waals surface area contributed by atoms with Gasteiger partial charge in [0.1, 0.15) is 6.04 Å². The quantitative estimate of drug-likeness (QED) is 0.179. The van der Waals surface area contributed by atoms with Crippen LogP contribution in [0, 0.1) is 19.3 Å². The van der Waals surface area contributed by atoms with Crippen molar-refractivity contribution in [3.05, 3.63) is 77.8 Å². The van der Waals surface area contributed by atoms with Crippen LogP contribution in [0.1, 0.15) is 60.6 Å². The number of benzene rings is 2. The summed E-state index contributed by atoms with van der Waals surface area (Å²) in [6, 6.07) is 17.5. The van der Waals surface area contributed by atoms with E-state index in [9.17, 15) is 14.4 Å². The minimum Gasteiger partial charge on any atom is -0.377 e. The van der Waals surface area contributed by atoms with Gasteiger partial charge in [0.05, 0.1) is 52.9 Å². The molecule has 1 saturated carbocycles. The monoisotopic (exact) mass is 703 g/mol. The minimum absolute atomic E-state index is 0.0271. The molecular weight excluding hydrogens is 648 g/mol. The number of amides is 3. The number of carbonyl (C=O) groups excluding carboxylic acids is 3. The third-order valence-corrected chi connectivity index (χ3v) is 9.87. The molecule has 1 N–H and O–H groups in total. The highest BCUT2D eigenvalue weighted by Crippen LogP contribution is 2.28. The van der Waals surface area contributed by atoms with E-state index >= 15 is 0 Å². The number of aromatic nitrogens is 1. The number of rotatable bonds is 19. The number of hydrogen-bond acceptors (Lipinski definition) is 7. The van der Waals surface area contributed by atoms with Crippen molar-refractivity contribution in [1.29, 1.82) is 0 Å².